The van der Waals surface area contributed by atoms with E-state index in [1.165, 1.54) is 150 Å². The number of guanidine groups is 4. The lowest BCUT2D eigenvalue weighted by molar-refractivity contribution is -0.654. The Morgan fingerprint density at radius 1 is 0.528 bits per heavy atom. The van der Waals surface area contributed by atoms with Gasteiger partial charge in [0.25, 0.3) is 39.2 Å². The summed E-state index contributed by atoms with van der Waals surface area (Å²) in [6, 6.07) is 20.8. The van der Waals surface area contributed by atoms with Crippen molar-refractivity contribution in [1.29, 1.82) is 10.8 Å². The predicted molar refractivity (Wildman–Crippen MR) is 471 cm³/mol. The molecule has 13 aromatic rings. The van der Waals surface area contributed by atoms with Gasteiger partial charge in [0.05, 0.1) is 51.3 Å². The first kappa shape index (κ1) is 92.6. The lowest BCUT2D eigenvalue weighted by Gasteiger charge is -2.24. The molecular formula is C77H99Cl2N34O12+. The van der Waals surface area contributed by atoms with Crippen LogP contribution >= 0.6 is 24.8 Å². The summed E-state index contributed by atoms with van der Waals surface area (Å²) in [5.41, 5.74) is 25.9. The molecule has 16 rings (SSSR count). The standard InChI is InChI=1S/C21H22N2O2.C18H22N6O2.C15H16N8O4.C12H19N9O2.C11H17N9O2.2ClH/c24-20(22-18-11-9-14-5-1-3-7-16(14)18)13-21(25)23-19-12-10-15-6-2-4-8-17(15)19;1-21-14(20-16-15(21)17(25)23(3)18(26)22(16)2)11-24-9-5-7-13(24)12-6-4-8-19-10-12;1-18-10-8(12(24)20(3)14(18)26)22(5-16-10)7-23-6-17-11-9(23)13(25)21(4)15(27)19(11)2;1-18(11(15)17-10(13)14)5-6-16-8-7(19(6)2)9(22)21(4)12(23)20(8)3;1-17(10(14)16-9(12)13)5-20-4-15-7-6(20)8(21)19(3)11(22)18(7)2;;/h1-8,18-19H,9-13H2,(H,22,24)(H,23,25);4,6,8,10,13H,5,7,9,11H2,1-3H3;5-6H,7H2,1-4H3;5H2,1-4H3,(H5,13,14,15,17);4H,5H2,1-3H3,(H5,12,13,14,16);2*1H/p+1. The summed E-state index contributed by atoms with van der Waals surface area (Å²) in [4.78, 5) is 184. The zero-order valence-corrected chi connectivity index (χ0v) is 72.7. The number of benzene rings is 2. The number of nitrogens with two attached hydrogens (primary N) is 4. The number of carbonyl (C=O) groups is 2. The van der Waals surface area contributed by atoms with Crippen LogP contribution in [0.5, 0.6) is 0 Å². The van der Waals surface area contributed by atoms with Gasteiger partial charge in [-0.05, 0) is 79.0 Å². The van der Waals surface area contributed by atoms with Gasteiger partial charge in [0.2, 0.25) is 23.7 Å². The highest BCUT2D eigenvalue weighted by Crippen LogP contribution is 2.34. The van der Waals surface area contributed by atoms with Crippen molar-refractivity contribution in [3.05, 3.63) is 236 Å². The fraction of sp³-hybridized carbons (Fsp3) is 0.377. The third-order valence-corrected chi connectivity index (χ3v) is 22.1. The summed E-state index contributed by atoms with van der Waals surface area (Å²) in [7, 11) is 21.7. The lowest BCUT2D eigenvalue weighted by Crippen LogP contribution is -2.44. The van der Waals surface area contributed by atoms with Gasteiger partial charge in [-0.3, -0.25) is 99.9 Å². The first-order valence-electron chi connectivity index (χ1n) is 38.6. The number of H-pyrrole nitrogens is 1. The largest absolute Gasteiger partial charge is 0.370 e. The van der Waals surface area contributed by atoms with Crippen molar-refractivity contribution in [2.75, 3.05) is 20.6 Å². The molecule has 0 bridgehead atoms. The molecule has 1 saturated heterocycles. The van der Waals surface area contributed by atoms with Crippen LogP contribution in [0.4, 0.5) is 0 Å². The van der Waals surface area contributed by atoms with E-state index >= 15 is 0 Å². The van der Waals surface area contributed by atoms with Crippen LogP contribution in [-0.2, 0) is 133 Å². The third kappa shape index (κ3) is 18.3. The number of aryl methyl sites for hydroxylation is 9. The van der Waals surface area contributed by atoms with Crippen molar-refractivity contribution in [1.82, 2.24) is 119 Å². The maximum absolute atomic E-state index is 12.5. The van der Waals surface area contributed by atoms with Gasteiger partial charge < -0.3 is 61.6 Å². The lowest BCUT2D eigenvalue weighted by atomic mass is 10.1. The van der Waals surface area contributed by atoms with Gasteiger partial charge in [0.1, 0.15) is 25.5 Å². The summed E-state index contributed by atoms with van der Waals surface area (Å²) >= 11 is 0. The first-order chi connectivity index (χ1) is 58.3. The van der Waals surface area contributed by atoms with E-state index < -0.39 is 45.0 Å². The second-order valence-electron chi connectivity index (χ2n) is 30.1. The third-order valence-electron chi connectivity index (χ3n) is 22.1. The van der Waals surface area contributed by atoms with Crippen molar-refractivity contribution in [3.63, 3.8) is 0 Å². The number of pyridine rings is 1. The van der Waals surface area contributed by atoms with Crippen LogP contribution in [0, 0.1) is 10.8 Å². The molecule has 3 unspecified atom stereocenters. The number of likely N-dealkylation sites (tertiary alicyclic amines) is 1. The Bertz CT molecular complexity index is 6950. The number of amides is 2. The SMILES string of the molecule is CN(Cc1[nH]c2c(c(=O)n(C)c(=O)n2C)[n+]1C)C(=N)N=C(N)N.CN(Cn1cnc2c1c(=O)n(C)c(=O)n2C)C(=N)N=C(N)N.Cl.Cl.Cn1c(=O)c2c(nc(CN3CCCC3c3cccnc3)n2C)n(C)c1=O.Cn1c(=O)c2c(ncn2Cn2cnc3c2c(=O)n(C)c(=O)n3C)n(C)c1=O.O=C(CC(=O)NC1CCc2ccccc21)NC1CCc2ccccc21. The number of rotatable bonds is 13. The Morgan fingerprint density at radius 3 is 1.42 bits per heavy atom. The average Bonchev–Trinajstić information content (AvgIpc) is 1.62. The average molecular weight is 1760 g/mol. The van der Waals surface area contributed by atoms with E-state index in [4.69, 9.17) is 33.8 Å². The molecule has 0 saturated carbocycles. The van der Waals surface area contributed by atoms with E-state index in [0.717, 1.165) is 73.7 Å². The van der Waals surface area contributed by atoms with Crippen molar-refractivity contribution in [2.24, 2.45) is 117 Å². The number of halogens is 2. The molecule has 3 aliphatic rings. The molecule has 0 radical (unpaired) electrons. The van der Waals surface area contributed by atoms with E-state index in [0.29, 0.717) is 40.7 Å². The fourth-order valence-electron chi connectivity index (χ4n) is 15.4. The Morgan fingerprint density at radius 2 is 0.952 bits per heavy atom. The highest BCUT2D eigenvalue weighted by atomic mass is 35.5. The molecule has 3 atom stereocenters. The normalized spacial score (nSPS) is 14.3. The molecular weight excluding hydrogens is 1660 g/mol. The van der Waals surface area contributed by atoms with Crippen LogP contribution < -0.4 is 94.4 Å². The van der Waals surface area contributed by atoms with E-state index in [2.05, 4.69) is 85.8 Å². The quantitative estimate of drug-likeness (QED) is 0.0237. The number of fused-ring (bicyclic) bond motifs is 7. The molecule has 12 heterocycles. The van der Waals surface area contributed by atoms with Gasteiger partial charge in [-0.1, -0.05) is 54.6 Å². The molecule has 46 nitrogen and oxygen atoms in total. The highest BCUT2D eigenvalue weighted by Gasteiger charge is 2.32. The Labute approximate surface area is 720 Å². The Kier molecular flexibility index (Phi) is 28.0. The summed E-state index contributed by atoms with van der Waals surface area (Å²) in [5.74, 6) is 0.278. The highest BCUT2D eigenvalue weighted by molar-refractivity contribution is 5.97. The molecule has 48 heteroatoms. The molecule has 1 aliphatic heterocycles. The zero-order valence-electron chi connectivity index (χ0n) is 71.1. The molecule has 662 valence electrons. The Balaban J connectivity index is 0.000000163. The molecule has 13 N–H and O–H groups in total. The van der Waals surface area contributed by atoms with E-state index in [9.17, 15) is 57.5 Å². The van der Waals surface area contributed by atoms with E-state index in [1.807, 2.05) is 48.1 Å². The maximum Gasteiger partial charge on any atom is 0.333 e. The van der Waals surface area contributed by atoms with Crippen LogP contribution in [0.1, 0.15) is 89.7 Å². The van der Waals surface area contributed by atoms with Crippen LogP contribution in [0.25, 0.3) is 55.8 Å². The fourth-order valence-corrected chi connectivity index (χ4v) is 15.4. The molecule has 1 fully saturated rings. The van der Waals surface area contributed by atoms with Crippen LogP contribution in [0.2, 0.25) is 0 Å². The van der Waals surface area contributed by atoms with Gasteiger partial charge in [-0.15, -0.1) is 24.8 Å². The number of imidazole rings is 5. The molecule has 2 aliphatic carbocycles. The minimum atomic E-state index is -0.490. The van der Waals surface area contributed by atoms with Gasteiger partial charge in [-0.2, -0.15) is 9.98 Å². The second-order valence-corrected chi connectivity index (χ2v) is 30.1. The number of carbonyl (C=O) groups excluding carboxylic acids is 2. The molecule has 11 aromatic heterocycles. The van der Waals surface area contributed by atoms with Crippen molar-refractivity contribution in [2.45, 2.75) is 89.5 Å². The number of aromatic amines is 1. The summed E-state index contributed by atoms with van der Waals surface area (Å²) < 4.78 is 19.9. The molecule has 0 spiro atoms. The zero-order chi connectivity index (χ0) is 89.3. The van der Waals surface area contributed by atoms with Gasteiger partial charge in [0, 0.05) is 110 Å². The van der Waals surface area contributed by atoms with Crippen LogP contribution in [0.3, 0.4) is 0 Å². The number of nitrogens with zero attached hydrogens (tertiary/aromatic N) is 25. The minimum absolute atomic E-state index is 0. The number of aromatic nitrogens is 21. The topological polar surface area (TPSA) is 568 Å². The maximum atomic E-state index is 12.5. The van der Waals surface area contributed by atoms with E-state index in [1.54, 1.807) is 46.0 Å². The van der Waals surface area contributed by atoms with Crippen molar-refractivity contribution < 1.29 is 14.2 Å². The molecule has 2 amide bonds. The van der Waals surface area contributed by atoms with Gasteiger partial charge in [-0.25, -0.2) is 53.5 Å². The summed E-state index contributed by atoms with van der Waals surface area (Å²) in [5, 5.41) is 21.5. The smallest absolute Gasteiger partial charge is 0.333 e. The van der Waals surface area contributed by atoms with Crippen LogP contribution in [0.15, 0.2) is 150 Å². The number of aliphatic imine (C=N–C) groups is 2. The number of hydrogen-bond acceptors (Lipinski definition) is 20. The first-order valence-corrected chi connectivity index (χ1v) is 38.6. The van der Waals surface area contributed by atoms with E-state index in [-0.39, 0.29) is 144 Å². The second kappa shape index (κ2) is 37.7. The Hall–Kier alpha value is -14.7. The monoisotopic (exact) mass is 1760 g/mol. The van der Waals surface area contributed by atoms with Gasteiger partial charge >= 0.3 is 34.0 Å². The minimum Gasteiger partial charge on any atom is -0.370 e. The predicted octanol–water partition coefficient (Wildman–Crippen LogP) is -3.22. The number of hydrogen-bond donors (Lipinski definition) is 9. The summed E-state index contributed by atoms with van der Waals surface area (Å²) in [6.07, 6.45) is 13.8. The van der Waals surface area contributed by atoms with Gasteiger partial charge in [0.15, 0.2) is 56.6 Å². The molecule has 125 heavy (non-hydrogen) atoms. The van der Waals surface area contributed by atoms with Crippen molar-refractivity contribution in [3.8, 4) is 0 Å². The summed E-state index contributed by atoms with van der Waals surface area (Å²) in [6.45, 7) is 2.04. The van der Waals surface area contributed by atoms with Crippen molar-refractivity contribution >= 4 is 116 Å². The molecule has 2 aromatic carbocycles. The number of nitrogens with one attached hydrogen (secondary N) is 5. The van der Waals surface area contributed by atoms with Crippen LogP contribution in [-0.4, -0.2) is 165 Å².